The van der Waals surface area contributed by atoms with Gasteiger partial charge in [0.05, 0.1) is 29.5 Å². The zero-order valence-corrected chi connectivity index (χ0v) is 18.3. The Morgan fingerprint density at radius 3 is 2.69 bits per heavy atom. The molecule has 0 spiro atoms. The average Bonchev–Trinajstić information content (AvgIpc) is 3.13. The topological polar surface area (TPSA) is 99.7 Å². The van der Waals surface area contributed by atoms with E-state index in [2.05, 4.69) is 20.1 Å². The van der Waals surface area contributed by atoms with Crippen molar-refractivity contribution in [2.24, 2.45) is 5.10 Å². The molecule has 4 aromatic rings. The number of hydrogen-bond donors (Lipinski definition) is 3. The van der Waals surface area contributed by atoms with Crippen LogP contribution in [-0.4, -0.2) is 37.6 Å². The van der Waals surface area contributed by atoms with E-state index in [1.807, 2.05) is 48.5 Å². The molecule has 0 radical (unpaired) electrons. The summed E-state index contributed by atoms with van der Waals surface area (Å²) < 4.78 is 2.06. The molecule has 1 aromatic heterocycles. The highest BCUT2D eigenvalue weighted by Gasteiger charge is 2.13. The number of imidazole rings is 1. The number of hydrogen-bond acceptors (Lipinski definition) is 6. The van der Waals surface area contributed by atoms with Crippen LogP contribution in [0.2, 0.25) is 5.02 Å². The summed E-state index contributed by atoms with van der Waals surface area (Å²) in [5.41, 5.74) is 5.71. The summed E-state index contributed by atoms with van der Waals surface area (Å²) >= 11 is 7.31. The van der Waals surface area contributed by atoms with Gasteiger partial charge in [0.2, 0.25) is 0 Å². The van der Waals surface area contributed by atoms with Gasteiger partial charge in [-0.2, -0.15) is 5.10 Å². The molecule has 0 aliphatic carbocycles. The molecule has 0 saturated heterocycles. The van der Waals surface area contributed by atoms with Gasteiger partial charge in [-0.05, 0) is 42.0 Å². The molecule has 3 aromatic carbocycles. The molecule has 0 aliphatic rings. The number of thioether (sulfide) groups is 1. The number of carbonyl (C=O) groups excluding carboxylic acids is 1. The van der Waals surface area contributed by atoms with Crippen molar-refractivity contribution < 1.29 is 15.0 Å². The number of phenolic OH excluding ortho intramolecular Hbond substituents is 2. The minimum atomic E-state index is -0.311. The highest BCUT2D eigenvalue weighted by Crippen LogP contribution is 2.25. The van der Waals surface area contributed by atoms with E-state index in [1.165, 1.54) is 36.2 Å². The number of benzene rings is 3. The van der Waals surface area contributed by atoms with Gasteiger partial charge in [-0.1, -0.05) is 47.6 Å². The molecule has 0 aliphatic heterocycles. The van der Waals surface area contributed by atoms with Crippen LogP contribution < -0.4 is 5.43 Å². The molecule has 32 heavy (non-hydrogen) atoms. The molecule has 162 valence electrons. The number of amides is 1. The van der Waals surface area contributed by atoms with E-state index in [4.69, 9.17) is 11.6 Å². The molecule has 0 fully saturated rings. The van der Waals surface area contributed by atoms with E-state index in [9.17, 15) is 15.0 Å². The lowest BCUT2D eigenvalue weighted by atomic mass is 10.2. The number of rotatable bonds is 7. The Labute approximate surface area is 193 Å². The van der Waals surface area contributed by atoms with E-state index in [-0.39, 0.29) is 23.2 Å². The van der Waals surface area contributed by atoms with E-state index in [0.29, 0.717) is 17.1 Å². The Balaban J connectivity index is 1.44. The highest BCUT2D eigenvalue weighted by atomic mass is 35.5. The fourth-order valence-corrected chi connectivity index (χ4v) is 4.00. The zero-order chi connectivity index (χ0) is 22.5. The van der Waals surface area contributed by atoms with Crippen LogP contribution in [0.3, 0.4) is 0 Å². The third-order valence-corrected chi connectivity index (χ3v) is 5.84. The second-order valence-corrected chi connectivity index (χ2v) is 8.30. The Morgan fingerprint density at radius 1 is 1.12 bits per heavy atom. The number of phenols is 2. The molecule has 1 amide bonds. The minimum Gasteiger partial charge on any atom is -0.508 e. The number of carbonyl (C=O) groups is 1. The van der Waals surface area contributed by atoms with Crippen molar-refractivity contribution in [1.82, 2.24) is 15.0 Å². The maximum atomic E-state index is 12.3. The summed E-state index contributed by atoms with van der Waals surface area (Å²) in [6, 6.07) is 19.6. The molecule has 0 unspecified atom stereocenters. The van der Waals surface area contributed by atoms with Crippen molar-refractivity contribution in [3.8, 4) is 11.5 Å². The second-order valence-electron chi connectivity index (χ2n) is 6.92. The molecule has 1 heterocycles. The van der Waals surface area contributed by atoms with Gasteiger partial charge in [-0.15, -0.1) is 0 Å². The van der Waals surface area contributed by atoms with Gasteiger partial charge < -0.3 is 14.8 Å². The largest absolute Gasteiger partial charge is 0.508 e. The number of halogens is 1. The van der Waals surface area contributed by atoms with Gasteiger partial charge >= 0.3 is 0 Å². The molecule has 3 N–H and O–H groups in total. The standard InChI is InChI=1S/C23H19ClN4O3S/c24-17-8-5-15(6-9-17)13-28-20-4-2-1-3-19(20)26-23(28)32-14-22(31)27-25-12-16-7-10-18(29)11-21(16)30/h1-12,29-30H,13-14H2,(H,27,31)/b25-12-. The van der Waals surface area contributed by atoms with Crippen molar-refractivity contribution in [1.29, 1.82) is 0 Å². The third-order valence-electron chi connectivity index (χ3n) is 4.61. The van der Waals surface area contributed by atoms with Crippen molar-refractivity contribution in [3.05, 3.63) is 82.9 Å². The lowest BCUT2D eigenvalue weighted by molar-refractivity contribution is -0.118. The van der Waals surface area contributed by atoms with Crippen LogP contribution in [-0.2, 0) is 11.3 Å². The number of nitrogens with one attached hydrogen (secondary N) is 1. The molecular formula is C23H19ClN4O3S. The van der Waals surface area contributed by atoms with Gasteiger partial charge in [0.25, 0.3) is 5.91 Å². The van der Waals surface area contributed by atoms with Crippen molar-refractivity contribution in [2.75, 3.05) is 5.75 Å². The quantitative estimate of drug-likeness (QED) is 0.213. The van der Waals surface area contributed by atoms with Gasteiger partial charge in [0, 0.05) is 16.7 Å². The third kappa shape index (κ3) is 5.22. The van der Waals surface area contributed by atoms with E-state index in [1.54, 1.807) is 0 Å². The Bertz CT molecular complexity index is 1290. The molecule has 0 atom stereocenters. The Hall–Kier alpha value is -3.49. The van der Waals surface area contributed by atoms with Crippen LogP contribution in [0.1, 0.15) is 11.1 Å². The number of aromatic hydroxyl groups is 2. The number of para-hydroxylation sites is 2. The molecule has 7 nitrogen and oxygen atoms in total. The van der Waals surface area contributed by atoms with Crippen LogP contribution in [0.4, 0.5) is 0 Å². The number of nitrogens with zero attached hydrogens (tertiary/aromatic N) is 3. The van der Waals surface area contributed by atoms with Crippen LogP contribution in [0.5, 0.6) is 11.5 Å². The predicted molar refractivity (Wildman–Crippen MR) is 127 cm³/mol. The van der Waals surface area contributed by atoms with E-state index in [0.717, 1.165) is 21.8 Å². The minimum absolute atomic E-state index is 0.0541. The first kappa shape index (κ1) is 21.7. The maximum absolute atomic E-state index is 12.3. The fraction of sp³-hybridized carbons (Fsp3) is 0.0870. The summed E-state index contributed by atoms with van der Waals surface area (Å²) in [6.45, 7) is 0.597. The summed E-state index contributed by atoms with van der Waals surface area (Å²) in [7, 11) is 0. The van der Waals surface area contributed by atoms with Crippen molar-refractivity contribution >= 4 is 46.5 Å². The first-order valence-corrected chi connectivity index (χ1v) is 11.0. The summed E-state index contributed by atoms with van der Waals surface area (Å²) in [5, 5.41) is 24.3. The smallest absolute Gasteiger partial charge is 0.250 e. The Morgan fingerprint density at radius 2 is 1.91 bits per heavy atom. The van der Waals surface area contributed by atoms with Crippen LogP contribution >= 0.6 is 23.4 Å². The summed E-state index contributed by atoms with van der Waals surface area (Å²) in [4.78, 5) is 16.9. The van der Waals surface area contributed by atoms with Crippen molar-refractivity contribution in [2.45, 2.75) is 11.7 Å². The highest BCUT2D eigenvalue weighted by molar-refractivity contribution is 7.99. The number of hydrazone groups is 1. The predicted octanol–water partition coefficient (Wildman–Crippen LogP) is 4.39. The zero-order valence-electron chi connectivity index (χ0n) is 16.8. The molecule has 0 saturated carbocycles. The summed E-state index contributed by atoms with van der Waals surface area (Å²) in [6.07, 6.45) is 1.31. The average molecular weight is 467 g/mol. The van der Waals surface area contributed by atoms with E-state index < -0.39 is 0 Å². The first-order valence-electron chi connectivity index (χ1n) is 9.66. The maximum Gasteiger partial charge on any atom is 0.250 e. The van der Waals surface area contributed by atoms with Gasteiger partial charge in [0.1, 0.15) is 11.5 Å². The van der Waals surface area contributed by atoms with Crippen molar-refractivity contribution in [3.63, 3.8) is 0 Å². The van der Waals surface area contributed by atoms with Gasteiger partial charge in [-0.25, -0.2) is 10.4 Å². The first-order chi connectivity index (χ1) is 15.5. The van der Waals surface area contributed by atoms with Crippen LogP contribution in [0, 0.1) is 0 Å². The molecule has 0 bridgehead atoms. The van der Waals surface area contributed by atoms with Crippen LogP contribution in [0.25, 0.3) is 11.0 Å². The molecule has 9 heteroatoms. The lowest BCUT2D eigenvalue weighted by Gasteiger charge is -2.09. The normalized spacial score (nSPS) is 11.3. The monoisotopic (exact) mass is 466 g/mol. The van der Waals surface area contributed by atoms with Gasteiger partial charge in [-0.3, -0.25) is 4.79 Å². The molecular weight excluding hydrogens is 448 g/mol. The summed E-state index contributed by atoms with van der Waals surface area (Å²) in [5.74, 6) is -0.382. The number of aromatic nitrogens is 2. The lowest BCUT2D eigenvalue weighted by Crippen LogP contribution is -2.20. The van der Waals surface area contributed by atoms with E-state index >= 15 is 0 Å². The Kier molecular flexibility index (Phi) is 6.63. The SMILES string of the molecule is O=C(CSc1nc2ccccc2n1Cc1ccc(Cl)cc1)N/N=C\c1ccc(O)cc1O. The fourth-order valence-electron chi connectivity index (χ4n) is 3.07. The second kappa shape index (κ2) is 9.76. The molecule has 4 rings (SSSR count). The van der Waals surface area contributed by atoms with Gasteiger partial charge in [0.15, 0.2) is 5.16 Å². The number of fused-ring (bicyclic) bond motifs is 1. The van der Waals surface area contributed by atoms with Crippen LogP contribution in [0.15, 0.2) is 77.0 Å².